The number of aromatic nitrogens is 2. The summed E-state index contributed by atoms with van der Waals surface area (Å²) in [6.07, 6.45) is 0. The number of anilines is 1. The molecule has 0 aliphatic rings. The fourth-order valence-corrected chi connectivity index (χ4v) is 1.56. The van der Waals surface area contributed by atoms with Gasteiger partial charge in [-0.2, -0.15) is 4.98 Å². The van der Waals surface area contributed by atoms with Gasteiger partial charge < -0.3 is 20.2 Å². The zero-order chi connectivity index (χ0) is 11.1. The average Bonchev–Trinajstić information content (AvgIpc) is 2.75. The van der Waals surface area contributed by atoms with E-state index in [2.05, 4.69) is 9.97 Å². The molecule has 0 amide bonds. The molecule has 0 radical (unpaired) electrons. The van der Waals surface area contributed by atoms with Crippen LogP contribution in [0.25, 0.3) is 22.7 Å². The Labute approximate surface area is 90.5 Å². The molecule has 0 aliphatic carbocycles. The summed E-state index contributed by atoms with van der Waals surface area (Å²) in [5, 5.41) is 9.17. The fraction of sp³-hybridized carbons (Fsp3) is 0. The lowest BCUT2D eigenvalue weighted by Gasteiger charge is -1.94. The van der Waals surface area contributed by atoms with E-state index in [0.29, 0.717) is 22.9 Å². The first-order valence-electron chi connectivity index (χ1n) is 4.77. The number of oxazole rings is 1. The van der Waals surface area contributed by atoms with Gasteiger partial charge in [-0.25, -0.2) is 0 Å². The van der Waals surface area contributed by atoms with E-state index in [9.17, 15) is 0 Å². The highest BCUT2D eigenvalue weighted by molar-refractivity contribution is 5.77. The lowest BCUT2D eigenvalue weighted by Crippen LogP contribution is -1.82. The van der Waals surface area contributed by atoms with E-state index in [1.807, 2.05) is 0 Å². The SMILES string of the molecule is Nc1cc2oc(-c3ccc(O)cc3)nc2[nH]1. The number of hydrogen-bond acceptors (Lipinski definition) is 4. The summed E-state index contributed by atoms with van der Waals surface area (Å²) in [5.74, 6) is 1.24. The third-order valence-corrected chi connectivity index (χ3v) is 2.32. The van der Waals surface area contributed by atoms with Crippen LogP contribution in [0.15, 0.2) is 34.7 Å². The summed E-state index contributed by atoms with van der Waals surface area (Å²) in [7, 11) is 0. The normalized spacial score (nSPS) is 11.0. The first kappa shape index (κ1) is 8.84. The van der Waals surface area contributed by atoms with Gasteiger partial charge in [0.1, 0.15) is 11.6 Å². The molecule has 3 rings (SSSR count). The standard InChI is InChI=1S/C11H9N3O2/c12-9-5-8-10(13-9)14-11(16-8)6-1-3-7(15)4-2-6/h1-5,13,15H,12H2. The lowest BCUT2D eigenvalue weighted by atomic mass is 10.2. The van der Waals surface area contributed by atoms with E-state index in [1.54, 1.807) is 30.3 Å². The molecule has 0 atom stereocenters. The number of nitrogens with zero attached hydrogens (tertiary/aromatic N) is 1. The van der Waals surface area contributed by atoms with Crippen LogP contribution in [0.2, 0.25) is 0 Å². The maximum Gasteiger partial charge on any atom is 0.228 e. The Kier molecular flexibility index (Phi) is 1.67. The Morgan fingerprint density at radius 3 is 2.69 bits per heavy atom. The van der Waals surface area contributed by atoms with E-state index in [4.69, 9.17) is 15.3 Å². The van der Waals surface area contributed by atoms with E-state index in [1.165, 1.54) is 0 Å². The molecule has 0 aliphatic heterocycles. The number of nitrogens with one attached hydrogen (secondary N) is 1. The van der Waals surface area contributed by atoms with Gasteiger partial charge in [-0.15, -0.1) is 0 Å². The zero-order valence-electron chi connectivity index (χ0n) is 8.27. The molecule has 4 N–H and O–H groups in total. The predicted octanol–water partition coefficient (Wildman–Crippen LogP) is 2.11. The van der Waals surface area contributed by atoms with Gasteiger partial charge in [0.25, 0.3) is 0 Å². The van der Waals surface area contributed by atoms with Gasteiger partial charge in [0.15, 0.2) is 11.2 Å². The number of rotatable bonds is 1. The van der Waals surface area contributed by atoms with Gasteiger partial charge in [-0.3, -0.25) is 0 Å². The number of phenols is 1. The van der Waals surface area contributed by atoms with Crippen molar-refractivity contribution >= 4 is 17.0 Å². The topological polar surface area (TPSA) is 88.1 Å². The van der Waals surface area contributed by atoms with Crippen molar-refractivity contribution in [2.75, 3.05) is 5.73 Å². The van der Waals surface area contributed by atoms with Crippen LogP contribution in [0.1, 0.15) is 0 Å². The minimum absolute atomic E-state index is 0.213. The molecule has 5 nitrogen and oxygen atoms in total. The Balaban J connectivity index is 2.11. The molecular formula is C11H9N3O2. The maximum atomic E-state index is 9.17. The molecule has 2 heterocycles. The third kappa shape index (κ3) is 1.30. The number of fused-ring (bicyclic) bond motifs is 1. The van der Waals surface area contributed by atoms with Gasteiger partial charge in [-0.1, -0.05) is 0 Å². The van der Waals surface area contributed by atoms with Crippen molar-refractivity contribution in [3.8, 4) is 17.2 Å². The number of nitrogen functional groups attached to an aromatic ring is 1. The Bertz CT molecular complexity index is 605. The van der Waals surface area contributed by atoms with Gasteiger partial charge in [0.2, 0.25) is 5.89 Å². The van der Waals surface area contributed by atoms with Crippen molar-refractivity contribution in [2.24, 2.45) is 0 Å². The number of phenolic OH excluding ortho intramolecular Hbond substituents is 1. The third-order valence-electron chi connectivity index (χ3n) is 2.32. The summed E-state index contributed by atoms with van der Waals surface area (Å²) >= 11 is 0. The molecule has 16 heavy (non-hydrogen) atoms. The second-order valence-electron chi connectivity index (χ2n) is 3.50. The molecule has 5 heteroatoms. The minimum Gasteiger partial charge on any atom is -0.508 e. The number of aromatic amines is 1. The largest absolute Gasteiger partial charge is 0.508 e. The summed E-state index contributed by atoms with van der Waals surface area (Å²) in [4.78, 5) is 7.13. The Hall–Kier alpha value is -2.43. The van der Waals surface area contributed by atoms with Crippen molar-refractivity contribution in [1.82, 2.24) is 9.97 Å². The minimum atomic E-state index is 0.213. The molecule has 0 spiro atoms. The molecule has 0 bridgehead atoms. The number of hydrogen-bond donors (Lipinski definition) is 3. The summed E-state index contributed by atoms with van der Waals surface area (Å²) < 4.78 is 5.51. The predicted molar refractivity (Wildman–Crippen MR) is 59.9 cm³/mol. The Morgan fingerprint density at radius 2 is 2.00 bits per heavy atom. The second-order valence-corrected chi connectivity index (χ2v) is 3.50. The van der Waals surface area contributed by atoms with Crippen LogP contribution < -0.4 is 5.73 Å². The molecular weight excluding hydrogens is 206 g/mol. The first-order valence-corrected chi connectivity index (χ1v) is 4.77. The van der Waals surface area contributed by atoms with Crippen LogP contribution in [-0.4, -0.2) is 15.1 Å². The van der Waals surface area contributed by atoms with Gasteiger partial charge >= 0.3 is 0 Å². The quantitative estimate of drug-likeness (QED) is 0.580. The number of aromatic hydroxyl groups is 1. The van der Waals surface area contributed by atoms with E-state index >= 15 is 0 Å². The monoisotopic (exact) mass is 215 g/mol. The molecule has 0 unspecified atom stereocenters. The van der Waals surface area contributed by atoms with Crippen LogP contribution in [0, 0.1) is 0 Å². The molecule has 0 saturated heterocycles. The summed E-state index contributed by atoms with van der Waals surface area (Å²) in [5.41, 5.74) is 7.61. The molecule has 80 valence electrons. The number of H-pyrrole nitrogens is 1. The highest BCUT2D eigenvalue weighted by atomic mass is 16.3. The Morgan fingerprint density at radius 1 is 1.25 bits per heavy atom. The van der Waals surface area contributed by atoms with Crippen molar-refractivity contribution in [3.05, 3.63) is 30.3 Å². The second kappa shape index (κ2) is 3.03. The maximum absolute atomic E-state index is 9.17. The van der Waals surface area contributed by atoms with Crippen LogP contribution in [0.3, 0.4) is 0 Å². The van der Waals surface area contributed by atoms with Gasteiger partial charge in [0.05, 0.1) is 0 Å². The lowest BCUT2D eigenvalue weighted by molar-refractivity contribution is 0.475. The van der Waals surface area contributed by atoms with E-state index in [-0.39, 0.29) is 5.75 Å². The summed E-state index contributed by atoms with van der Waals surface area (Å²) in [6.45, 7) is 0. The van der Waals surface area contributed by atoms with Gasteiger partial charge in [0, 0.05) is 11.6 Å². The first-order chi connectivity index (χ1) is 7.72. The number of nitrogens with two attached hydrogens (primary N) is 1. The smallest absolute Gasteiger partial charge is 0.228 e. The molecule has 3 aromatic rings. The van der Waals surface area contributed by atoms with E-state index in [0.717, 1.165) is 5.56 Å². The van der Waals surface area contributed by atoms with Crippen molar-refractivity contribution in [2.45, 2.75) is 0 Å². The van der Waals surface area contributed by atoms with Crippen molar-refractivity contribution in [1.29, 1.82) is 0 Å². The molecule has 0 fully saturated rings. The molecule has 2 aromatic heterocycles. The van der Waals surface area contributed by atoms with Crippen molar-refractivity contribution < 1.29 is 9.52 Å². The highest BCUT2D eigenvalue weighted by Gasteiger charge is 2.09. The van der Waals surface area contributed by atoms with Crippen LogP contribution in [0.4, 0.5) is 5.82 Å². The van der Waals surface area contributed by atoms with E-state index < -0.39 is 0 Å². The van der Waals surface area contributed by atoms with Crippen molar-refractivity contribution in [3.63, 3.8) is 0 Å². The average molecular weight is 215 g/mol. The summed E-state index contributed by atoms with van der Waals surface area (Å²) in [6, 6.07) is 8.34. The van der Waals surface area contributed by atoms with Crippen LogP contribution in [-0.2, 0) is 0 Å². The molecule has 1 aromatic carbocycles. The molecule has 0 saturated carbocycles. The zero-order valence-corrected chi connectivity index (χ0v) is 8.27. The van der Waals surface area contributed by atoms with Crippen LogP contribution in [0.5, 0.6) is 5.75 Å². The van der Waals surface area contributed by atoms with Gasteiger partial charge in [-0.05, 0) is 24.3 Å². The van der Waals surface area contributed by atoms with Crippen LogP contribution >= 0.6 is 0 Å². The fourth-order valence-electron chi connectivity index (χ4n) is 1.56. The highest BCUT2D eigenvalue weighted by Crippen LogP contribution is 2.26. The number of benzene rings is 1.